The Balaban J connectivity index is 1.77. The SMILES string of the molecule is CC1=C(/C=C/C(C)=C/C=C\C(C)=C\CC/C=C(\C)CC/C=C(C)/C=C/C2=C(C)CCCC2(C)C)C(C)(C)CCC1. The number of rotatable bonds is 12. The van der Waals surface area contributed by atoms with E-state index in [-0.39, 0.29) is 0 Å². The lowest BCUT2D eigenvalue weighted by Crippen LogP contribution is -2.19. The normalized spacial score (nSPS) is 21.6. The highest BCUT2D eigenvalue weighted by Crippen LogP contribution is 2.41. The largest absolute Gasteiger partial charge is 0.0853 e. The van der Waals surface area contributed by atoms with Crippen LogP contribution >= 0.6 is 0 Å². The summed E-state index contributed by atoms with van der Waals surface area (Å²) >= 11 is 0. The van der Waals surface area contributed by atoms with Gasteiger partial charge in [0.05, 0.1) is 0 Å². The quantitative estimate of drug-likeness (QED) is 0.131. The van der Waals surface area contributed by atoms with Gasteiger partial charge in [-0.1, -0.05) is 122 Å². The van der Waals surface area contributed by atoms with E-state index in [4.69, 9.17) is 0 Å². The molecular formula is C40H60. The molecule has 2 rings (SSSR count). The molecule has 0 saturated carbocycles. The zero-order chi connectivity index (χ0) is 29.8. The second-order valence-electron chi connectivity index (χ2n) is 13.9. The van der Waals surface area contributed by atoms with Gasteiger partial charge in [-0.05, 0) is 128 Å². The van der Waals surface area contributed by atoms with Crippen molar-refractivity contribution in [2.24, 2.45) is 10.8 Å². The van der Waals surface area contributed by atoms with Crippen molar-refractivity contribution in [3.8, 4) is 0 Å². The predicted molar refractivity (Wildman–Crippen MR) is 182 cm³/mol. The third kappa shape index (κ3) is 11.6. The Bertz CT molecular complexity index is 1120. The first-order valence-corrected chi connectivity index (χ1v) is 15.9. The lowest BCUT2D eigenvalue weighted by atomic mass is 9.72. The molecule has 220 valence electrons. The highest BCUT2D eigenvalue weighted by molar-refractivity contribution is 5.37. The summed E-state index contributed by atoms with van der Waals surface area (Å²) in [5.41, 5.74) is 12.4. The fourth-order valence-electron chi connectivity index (χ4n) is 6.26. The maximum Gasteiger partial charge on any atom is -0.0104 e. The summed E-state index contributed by atoms with van der Waals surface area (Å²) < 4.78 is 0. The summed E-state index contributed by atoms with van der Waals surface area (Å²) in [6.07, 6.45) is 35.4. The van der Waals surface area contributed by atoms with E-state index in [1.165, 1.54) is 66.4 Å². The highest BCUT2D eigenvalue weighted by atomic mass is 14.3. The van der Waals surface area contributed by atoms with Crippen molar-refractivity contribution >= 4 is 0 Å². The van der Waals surface area contributed by atoms with Crippen molar-refractivity contribution in [1.82, 2.24) is 0 Å². The summed E-state index contributed by atoms with van der Waals surface area (Å²) in [6, 6.07) is 0. The minimum absolute atomic E-state index is 0.303. The van der Waals surface area contributed by atoms with Crippen LogP contribution in [0.2, 0.25) is 0 Å². The molecule has 0 N–H and O–H groups in total. The molecule has 0 unspecified atom stereocenters. The topological polar surface area (TPSA) is 0 Å². The molecule has 0 heterocycles. The highest BCUT2D eigenvalue weighted by Gasteiger charge is 2.27. The molecule has 40 heavy (non-hydrogen) atoms. The predicted octanol–water partition coefficient (Wildman–Crippen LogP) is 13.1. The molecule has 0 spiro atoms. The third-order valence-corrected chi connectivity index (χ3v) is 8.96. The molecule has 0 aromatic carbocycles. The first-order valence-electron chi connectivity index (χ1n) is 15.9. The number of unbranched alkanes of at least 4 members (excludes halogenated alkanes) is 1. The molecule has 0 nitrogen and oxygen atoms in total. The Morgan fingerprint density at radius 1 is 0.625 bits per heavy atom. The molecule has 2 aliphatic carbocycles. The fraction of sp³-hybridized carbons (Fsp3) is 0.550. The van der Waals surface area contributed by atoms with Gasteiger partial charge in [-0.2, -0.15) is 0 Å². The number of hydrogen-bond donors (Lipinski definition) is 0. The Morgan fingerprint density at radius 2 is 1.10 bits per heavy atom. The lowest BCUT2D eigenvalue weighted by molar-refractivity contribution is 0.376. The maximum absolute atomic E-state index is 2.42. The summed E-state index contributed by atoms with van der Waals surface area (Å²) in [6.45, 7) is 23.1. The Kier molecular flexibility index (Phi) is 13.7. The van der Waals surface area contributed by atoms with E-state index in [0.717, 1.165) is 25.7 Å². The first-order chi connectivity index (χ1) is 18.8. The minimum atomic E-state index is 0.303. The summed E-state index contributed by atoms with van der Waals surface area (Å²) in [5, 5.41) is 0. The van der Waals surface area contributed by atoms with Gasteiger partial charge >= 0.3 is 0 Å². The number of hydrogen-bond acceptors (Lipinski definition) is 0. The maximum atomic E-state index is 2.42. The van der Waals surface area contributed by atoms with Gasteiger partial charge in [0.2, 0.25) is 0 Å². The van der Waals surface area contributed by atoms with Gasteiger partial charge in [-0.15, -0.1) is 0 Å². The van der Waals surface area contributed by atoms with Gasteiger partial charge < -0.3 is 0 Å². The molecule has 0 aromatic rings. The standard InChI is InChI=1S/C40H60/c1-31(19-13-21-33(3)25-27-37-35(5)23-15-29-39(37,7)8)17-11-12-18-32(2)20-14-22-34(4)26-28-38-36(6)24-16-30-40(38,9)10/h13,17-19,21-22,25-28H,11-12,14-16,20,23-24,29-30H2,1-10H3/b19-13-,27-25+,28-26+,31-17+,32-18+,33-21+,34-22+. The average Bonchev–Trinajstić information content (AvgIpc) is 2.85. The molecule has 0 atom stereocenters. The molecule has 0 saturated heterocycles. The van der Waals surface area contributed by atoms with Crippen LogP contribution in [-0.4, -0.2) is 0 Å². The van der Waals surface area contributed by atoms with Gasteiger partial charge in [0.25, 0.3) is 0 Å². The van der Waals surface area contributed by atoms with Crippen molar-refractivity contribution in [3.05, 3.63) is 105 Å². The van der Waals surface area contributed by atoms with E-state index >= 15 is 0 Å². The van der Waals surface area contributed by atoms with E-state index in [0.29, 0.717) is 10.8 Å². The smallest absolute Gasteiger partial charge is 0.0104 e. The van der Waals surface area contributed by atoms with E-state index in [9.17, 15) is 0 Å². The summed E-state index contributed by atoms with van der Waals surface area (Å²) in [4.78, 5) is 0. The average molecular weight is 541 g/mol. The van der Waals surface area contributed by atoms with Crippen molar-refractivity contribution in [3.63, 3.8) is 0 Å². The van der Waals surface area contributed by atoms with Crippen LogP contribution in [0.3, 0.4) is 0 Å². The lowest BCUT2D eigenvalue weighted by Gasteiger charge is -2.33. The molecule has 2 aliphatic rings. The van der Waals surface area contributed by atoms with Crippen LogP contribution in [0.1, 0.15) is 133 Å². The summed E-state index contributed by atoms with van der Waals surface area (Å²) in [5.74, 6) is 0. The molecule has 0 aliphatic heterocycles. The van der Waals surface area contributed by atoms with Crippen LogP contribution in [0.25, 0.3) is 0 Å². The zero-order valence-corrected chi connectivity index (χ0v) is 27.8. The van der Waals surface area contributed by atoms with Crippen molar-refractivity contribution < 1.29 is 0 Å². The van der Waals surface area contributed by atoms with E-state index in [1.54, 1.807) is 16.7 Å². The number of allylic oxidation sites excluding steroid dienone is 18. The monoisotopic (exact) mass is 540 g/mol. The Hall–Kier alpha value is -2.34. The van der Waals surface area contributed by atoms with Gasteiger partial charge in [0.1, 0.15) is 0 Å². The fourth-order valence-corrected chi connectivity index (χ4v) is 6.26. The van der Waals surface area contributed by atoms with Gasteiger partial charge in [0, 0.05) is 0 Å². The molecule has 0 heteroatoms. The van der Waals surface area contributed by atoms with Crippen LogP contribution in [0.5, 0.6) is 0 Å². The summed E-state index contributed by atoms with van der Waals surface area (Å²) in [7, 11) is 0. The molecular weight excluding hydrogens is 480 g/mol. The van der Waals surface area contributed by atoms with Crippen LogP contribution in [0, 0.1) is 10.8 Å². The molecule has 0 radical (unpaired) electrons. The Labute approximate surface area is 249 Å². The van der Waals surface area contributed by atoms with E-state index in [2.05, 4.69) is 130 Å². The van der Waals surface area contributed by atoms with Gasteiger partial charge in [-0.3, -0.25) is 0 Å². The van der Waals surface area contributed by atoms with Gasteiger partial charge in [0.15, 0.2) is 0 Å². The van der Waals surface area contributed by atoms with Crippen molar-refractivity contribution in [1.29, 1.82) is 0 Å². The van der Waals surface area contributed by atoms with Crippen LogP contribution < -0.4 is 0 Å². The van der Waals surface area contributed by atoms with E-state index < -0.39 is 0 Å². The second kappa shape index (κ2) is 16.2. The second-order valence-corrected chi connectivity index (χ2v) is 13.9. The molecule has 0 bridgehead atoms. The van der Waals surface area contributed by atoms with Gasteiger partial charge in [-0.25, -0.2) is 0 Å². The Morgan fingerprint density at radius 3 is 1.65 bits per heavy atom. The molecule has 0 aromatic heterocycles. The third-order valence-electron chi connectivity index (χ3n) is 8.96. The minimum Gasteiger partial charge on any atom is -0.0853 e. The molecule has 0 amide bonds. The van der Waals surface area contributed by atoms with Crippen LogP contribution in [0.4, 0.5) is 0 Å². The van der Waals surface area contributed by atoms with Crippen molar-refractivity contribution in [2.45, 2.75) is 133 Å². The zero-order valence-electron chi connectivity index (χ0n) is 27.8. The molecule has 0 fully saturated rings. The first kappa shape index (κ1) is 33.9. The van der Waals surface area contributed by atoms with Crippen molar-refractivity contribution in [2.75, 3.05) is 0 Å². The van der Waals surface area contributed by atoms with E-state index in [1.807, 2.05) is 0 Å². The van der Waals surface area contributed by atoms with Crippen LogP contribution in [-0.2, 0) is 0 Å². The van der Waals surface area contributed by atoms with Crippen LogP contribution in [0.15, 0.2) is 105 Å².